The second-order valence-electron chi connectivity index (χ2n) is 13.4. The summed E-state index contributed by atoms with van der Waals surface area (Å²) < 4.78 is 33.0. The van der Waals surface area contributed by atoms with Crippen LogP contribution in [0.2, 0.25) is 0 Å². The molecule has 12 heteroatoms. The van der Waals surface area contributed by atoms with Gasteiger partial charge in [0.2, 0.25) is 11.8 Å². The Morgan fingerprint density at radius 3 is 2.07 bits per heavy atom. The molecule has 3 rings (SSSR count). The quantitative estimate of drug-likeness (QED) is 0.420. The van der Waals surface area contributed by atoms with Crippen LogP contribution in [0.5, 0.6) is 0 Å². The van der Waals surface area contributed by atoms with Gasteiger partial charge in [0.25, 0.3) is 15.9 Å². The number of likely N-dealkylation sites (tertiary alicyclic amines) is 1. The number of carbonyl (C=O) groups excluding carboxylic acids is 4. The fourth-order valence-corrected chi connectivity index (χ4v) is 6.13. The molecule has 0 aromatic heterocycles. The summed E-state index contributed by atoms with van der Waals surface area (Å²) in [5.41, 5.74) is -2.84. The van der Waals surface area contributed by atoms with Crippen molar-refractivity contribution in [3.05, 3.63) is 30.3 Å². The topological polar surface area (TPSA) is 151 Å². The van der Waals surface area contributed by atoms with E-state index in [4.69, 9.17) is 4.74 Å². The van der Waals surface area contributed by atoms with Crippen molar-refractivity contribution in [3.8, 4) is 0 Å². The Morgan fingerprint density at radius 2 is 1.59 bits per heavy atom. The molecule has 0 bridgehead atoms. The van der Waals surface area contributed by atoms with Crippen LogP contribution in [0.15, 0.2) is 35.2 Å². The number of nitrogens with one attached hydrogen (secondary N) is 3. The average Bonchev–Trinajstić information content (AvgIpc) is 3.47. The highest BCUT2D eigenvalue weighted by Crippen LogP contribution is 2.39. The van der Waals surface area contributed by atoms with Gasteiger partial charge >= 0.3 is 6.09 Å². The number of hydrogen-bond donors (Lipinski definition) is 3. The second-order valence-corrected chi connectivity index (χ2v) is 15.1. The molecule has 3 N–H and O–H groups in total. The van der Waals surface area contributed by atoms with Crippen LogP contribution in [0.4, 0.5) is 4.79 Å². The van der Waals surface area contributed by atoms with Crippen LogP contribution in [0.3, 0.4) is 0 Å². The first-order valence-corrected chi connectivity index (χ1v) is 15.5. The molecule has 1 saturated heterocycles. The van der Waals surface area contributed by atoms with Crippen LogP contribution in [0.25, 0.3) is 0 Å². The average molecular weight is 593 g/mol. The van der Waals surface area contributed by atoms with Crippen molar-refractivity contribution in [3.63, 3.8) is 0 Å². The normalized spacial score (nSPS) is 21.1. The molecule has 0 spiro atoms. The molecular formula is C29H44N4O7S. The summed E-state index contributed by atoms with van der Waals surface area (Å²) >= 11 is 0. The Balaban J connectivity index is 1.82. The van der Waals surface area contributed by atoms with E-state index in [0.717, 1.165) is 0 Å². The Kier molecular flexibility index (Phi) is 9.17. The molecule has 1 aliphatic carbocycles. The summed E-state index contributed by atoms with van der Waals surface area (Å²) in [6.07, 6.45) is 0.367. The summed E-state index contributed by atoms with van der Waals surface area (Å²) in [7, 11) is -4.13. The first-order valence-electron chi connectivity index (χ1n) is 14.0. The first-order chi connectivity index (χ1) is 18.8. The van der Waals surface area contributed by atoms with E-state index in [1.807, 2.05) is 34.6 Å². The van der Waals surface area contributed by atoms with Crippen molar-refractivity contribution in [2.75, 3.05) is 6.54 Å². The van der Waals surface area contributed by atoms with E-state index in [2.05, 4.69) is 15.4 Å². The molecule has 2 fully saturated rings. The minimum absolute atomic E-state index is 0.0397. The molecule has 0 unspecified atom stereocenters. The van der Waals surface area contributed by atoms with Crippen LogP contribution in [-0.2, 0) is 29.1 Å². The van der Waals surface area contributed by atoms with Gasteiger partial charge in [-0.1, -0.05) is 52.8 Å². The smallest absolute Gasteiger partial charge is 0.408 e. The highest BCUT2D eigenvalue weighted by Gasteiger charge is 2.55. The molecule has 2 aliphatic rings. The van der Waals surface area contributed by atoms with Gasteiger partial charge in [0.05, 0.1) is 4.90 Å². The van der Waals surface area contributed by atoms with Crippen LogP contribution in [-0.4, -0.2) is 66.9 Å². The zero-order valence-electron chi connectivity index (χ0n) is 25.2. The third kappa shape index (κ3) is 7.78. The number of ether oxygens (including phenoxy) is 1. The van der Waals surface area contributed by atoms with Crippen molar-refractivity contribution >= 4 is 33.8 Å². The highest BCUT2D eigenvalue weighted by atomic mass is 32.2. The molecule has 3 atom stereocenters. The molecule has 1 aliphatic heterocycles. The number of nitrogens with zero attached hydrogens (tertiary/aromatic N) is 1. The molecular weight excluding hydrogens is 548 g/mol. The molecule has 1 heterocycles. The van der Waals surface area contributed by atoms with Gasteiger partial charge in [-0.05, 0) is 69.4 Å². The van der Waals surface area contributed by atoms with Gasteiger partial charge in [0.1, 0.15) is 23.2 Å². The summed E-state index contributed by atoms with van der Waals surface area (Å²) in [4.78, 5) is 54.9. The molecule has 4 amide bonds. The largest absolute Gasteiger partial charge is 0.444 e. The number of rotatable bonds is 8. The van der Waals surface area contributed by atoms with Crippen molar-refractivity contribution in [1.29, 1.82) is 0 Å². The van der Waals surface area contributed by atoms with Gasteiger partial charge in [-0.3, -0.25) is 14.4 Å². The first kappa shape index (κ1) is 32.4. The van der Waals surface area contributed by atoms with Gasteiger partial charge < -0.3 is 20.3 Å². The monoisotopic (exact) mass is 592 g/mol. The lowest BCUT2D eigenvalue weighted by Crippen LogP contribution is -2.61. The standard InChI is InChI=1S/C29H44N4O7S/c1-18(2)20-14-17-33(24(35)22(27(3,4)5)30-26(37)40-28(6,7)8)21(20)23(34)31-29(15-16-29)25(36)32-41(38,39)19-12-10-9-11-13-19/h9-13,18,20-22H,14-17H2,1-8H3,(H,30,37)(H,31,34)(H,32,36)/t20-,21+,22-/m1/s1. The van der Waals surface area contributed by atoms with E-state index in [9.17, 15) is 27.6 Å². The van der Waals surface area contributed by atoms with Gasteiger partial charge in [-0.15, -0.1) is 0 Å². The number of hydrogen-bond acceptors (Lipinski definition) is 7. The number of alkyl carbamates (subject to hydrolysis) is 1. The van der Waals surface area contributed by atoms with Gasteiger partial charge in [-0.2, -0.15) is 0 Å². The Hall–Kier alpha value is -3.15. The zero-order valence-corrected chi connectivity index (χ0v) is 26.1. The van der Waals surface area contributed by atoms with E-state index in [-0.39, 0.29) is 29.6 Å². The van der Waals surface area contributed by atoms with Crippen LogP contribution in [0, 0.1) is 17.3 Å². The number of carbonyl (C=O) groups is 4. The molecule has 41 heavy (non-hydrogen) atoms. The van der Waals surface area contributed by atoms with E-state index in [1.54, 1.807) is 39.0 Å². The van der Waals surface area contributed by atoms with Crippen LogP contribution >= 0.6 is 0 Å². The summed E-state index contributed by atoms with van der Waals surface area (Å²) in [6, 6.07) is 5.63. The SMILES string of the molecule is CC(C)[C@H]1CCN(C(=O)[C@@H](NC(=O)OC(C)(C)C)C(C)(C)C)[C@@H]1C(=O)NC1(C(=O)NS(=O)(=O)c2ccccc2)CC1. The Labute approximate surface area is 243 Å². The fraction of sp³-hybridized carbons (Fsp3) is 0.655. The molecule has 1 saturated carbocycles. The lowest BCUT2D eigenvalue weighted by Gasteiger charge is -2.37. The molecule has 1 aromatic rings. The maximum absolute atomic E-state index is 14.0. The van der Waals surface area contributed by atoms with Gasteiger partial charge in [0, 0.05) is 6.54 Å². The number of amides is 4. The molecule has 0 radical (unpaired) electrons. The van der Waals surface area contributed by atoms with Gasteiger partial charge in [0.15, 0.2) is 0 Å². The van der Waals surface area contributed by atoms with Crippen molar-refractivity contribution in [2.24, 2.45) is 17.3 Å². The maximum Gasteiger partial charge on any atom is 0.408 e. The predicted molar refractivity (Wildman–Crippen MR) is 153 cm³/mol. The fourth-order valence-electron chi connectivity index (χ4n) is 5.06. The molecule has 228 valence electrons. The molecule has 11 nitrogen and oxygen atoms in total. The summed E-state index contributed by atoms with van der Waals surface area (Å²) in [5.74, 6) is -1.92. The van der Waals surface area contributed by atoms with E-state index >= 15 is 0 Å². The lowest BCUT2D eigenvalue weighted by molar-refractivity contribution is -0.144. The maximum atomic E-state index is 14.0. The van der Waals surface area contributed by atoms with Crippen LogP contribution < -0.4 is 15.4 Å². The second kappa shape index (κ2) is 11.6. The van der Waals surface area contributed by atoms with Crippen molar-refractivity contribution in [1.82, 2.24) is 20.3 Å². The predicted octanol–water partition coefficient (Wildman–Crippen LogP) is 2.95. The number of sulfonamides is 1. The number of benzene rings is 1. The summed E-state index contributed by atoms with van der Waals surface area (Å²) in [6.45, 7) is 14.8. The van der Waals surface area contributed by atoms with Crippen molar-refractivity contribution in [2.45, 2.75) is 103 Å². The van der Waals surface area contributed by atoms with Crippen LogP contribution in [0.1, 0.15) is 74.7 Å². The molecule has 1 aromatic carbocycles. The third-order valence-corrected chi connectivity index (χ3v) is 8.80. The minimum atomic E-state index is -4.13. The van der Waals surface area contributed by atoms with Gasteiger partial charge in [-0.25, -0.2) is 17.9 Å². The highest BCUT2D eigenvalue weighted by molar-refractivity contribution is 7.90. The minimum Gasteiger partial charge on any atom is -0.444 e. The Bertz CT molecular complexity index is 1260. The van der Waals surface area contributed by atoms with E-state index in [0.29, 0.717) is 13.0 Å². The lowest BCUT2D eigenvalue weighted by atomic mass is 9.84. The van der Waals surface area contributed by atoms with E-state index in [1.165, 1.54) is 17.0 Å². The van der Waals surface area contributed by atoms with Crippen molar-refractivity contribution < 1.29 is 32.3 Å². The summed E-state index contributed by atoms with van der Waals surface area (Å²) in [5, 5.41) is 5.48. The zero-order chi connectivity index (χ0) is 31.0. The third-order valence-electron chi connectivity index (χ3n) is 7.45. The Morgan fingerprint density at radius 1 is 1.00 bits per heavy atom. The van der Waals surface area contributed by atoms with E-state index < -0.39 is 62.5 Å².